The van der Waals surface area contributed by atoms with Crippen LogP contribution in [0.5, 0.6) is 11.5 Å². The number of aryl methyl sites for hydroxylation is 3. The molecule has 0 saturated carbocycles. The molecule has 30 heavy (non-hydrogen) atoms. The van der Waals surface area contributed by atoms with Gasteiger partial charge in [0.1, 0.15) is 18.0 Å². The molecule has 0 unspecified atom stereocenters. The van der Waals surface area contributed by atoms with Crippen LogP contribution in [0.4, 0.5) is 5.69 Å². The maximum absolute atomic E-state index is 12.8. The van der Waals surface area contributed by atoms with Crippen LogP contribution in [0.15, 0.2) is 30.3 Å². The maximum atomic E-state index is 12.8. The second-order valence-electron chi connectivity index (χ2n) is 7.39. The molecule has 7 nitrogen and oxygen atoms in total. The Labute approximate surface area is 179 Å². The highest BCUT2D eigenvalue weighted by Crippen LogP contribution is 2.33. The zero-order valence-electron chi connectivity index (χ0n) is 18.6. The van der Waals surface area contributed by atoms with E-state index in [9.17, 15) is 13.2 Å². The van der Waals surface area contributed by atoms with E-state index < -0.39 is 15.9 Å². The predicted octanol–water partition coefficient (Wildman–Crippen LogP) is 3.27. The zero-order chi connectivity index (χ0) is 22.6. The molecule has 0 aliphatic rings. The van der Waals surface area contributed by atoms with Gasteiger partial charge in [0.05, 0.1) is 32.2 Å². The number of amides is 1. The number of hydrogen-bond donors (Lipinski definition) is 1. The van der Waals surface area contributed by atoms with Crippen LogP contribution in [-0.4, -0.2) is 41.3 Å². The predicted molar refractivity (Wildman–Crippen MR) is 119 cm³/mol. The first kappa shape index (κ1) is 23.5. The van der Waals surface area contributed by atoms with E-state index in [-0.39, 0.29) is 18.3 Å². The Hall–Kier alpha value is -2.74. The van der Waals surface area contributed by atoms with Gasteiger partial charge in [-0.2, -0.15) is 0 Å². The quantitative estimate of drug-likeness (QED) is 0.689. The van der Waals surface area contributed by atoms with Gasteiger partial charge in [0.25, 0.3) is 0 Å². The molecule has 0 aliphatic heterocycles. The molecule has 2 aromatic rings. The summed E-state index contributed by atoms with van der Waals surface area (Å²) in [7, 11) is -0.831. The number of methoxy groups -OCH3 is 2. The summed E-state index contributed by atoms with van der Waals surface area (Å²) in [6.45, 7) is 7.56. The van der Waals surface area contributed by atoms with Crippen molar-refractivity contribution in [3.05, 3.63) is 52.6 Å². The SMILES string of the molecule is COc1ccc(OC)c(N(CC(=O)N[C@@H](C)c2cc(C)c(C)cc2C)S(C)(=O)=O)c1. The molecule has 0 bridgehead atoms. The fourth-order valence-electron chi connectivity index (χ4n) is 3.32. The van der Waals surface area contributed by atoms with Crippen LogP contribution in [0, 0.1) is 20.8 Å². The number of sulfonamides is 1. The summed E-state index contributed by atoms with van der Waals surface area (Å²) in [5, 5.41) is 2.90. The van der Waals surface area contributed by atoms with Crippen molar-refractivity contribution >= 4 is 21.6 Å². The van der Waals surface area contributed by atoms with Crippen LogP contribution in [0.25, 0.3) is 0 Å². The summed E-state index contributed by atoms with van der Waals surface area (Å²) in [5.41, 5.74) is 4.62. The molecule has 164 valence electrons. The van der Waals surface area contributed by atoms with Crippen LogP contribution in [0.1, 0.15) is 35.2 Å². The average Bonchev–Trinajstić information content (AvgIpc) is 2.67. The number of ether oxygens (including phenoxy) is 2. The largest absolute Gasteiger partial charge is 0.497 e. The number of rotatable bonds is 8. The van der Waals surface area contributed by atoms with Gasteiger partial charge in [0.15, 0.2) is 0 Å². The Morgan fingerprint density at radius 2 is 1.67 bits per heavy atom. The summed E-state index contributed by atoms with van der Waals surface area (Å²) in [6.07, 6.45) is 1.05. The van der Waals surface area contributed by atoms with Crippen molar-refractivity contribution in [3.63, 3.8) is 0 Å². The highest BCUT2D eigenvalue weighted by Gasteiger charge is 2.25. The van der Waals surface area contributed by atoms with Gasteiger partial charge in [-0.25, -0.2) is 8.42 Å². The highest BCUT2D eigenvalue weighted by atomic mass is 32.2. The van der Waals surface area contributed by atoms with Crippen molar-refractivity contribution in [2.75, 3.05) is 31.3 Å². The van der Waals surface area contributed by atoms with E-state index in [0.717, 1.165) is 27.3 Å². The Morgan fingerprint density at radius 1 is 1.03 bits per heavy atom. The van der Waals surface area contributed by atoms with Gasteiger partial charge < -0.3 is 14.8 Å². The maximum Gasteiger partial charge on any atom is 0.241 e. The summed E-state index contributed by atoms with van der Waals surface area (Å²) < 4.78 is 36.5. The topological polar surface area (TPSA) is 84.9 Å². The van der Waals surface area contributed by atoms with Gasteiger partial charge in [-0.3, -0.25) is 9.10 Å². The van der Waals surface area contributed by atoms with E-state index in [2.05, 4.69) is 17.4 Å². The summed E-state index contributed by atoms with van der Waals surface area (Å²) in [6, 6.07) is 8.65. The van der Waals surface area contributed by atoms with Gasteiger partial charge in [-0.1, -0.05) is 12.1 Å². The Morgan fingerprint density at radius 3 is 2.23 bits per heavy atom. The minimum Gasteiger partial charge on any atom is -0.497 e. The van der Waals surface area contributed by atoms with Crippen molar-refractivity contribution in [1.29, 1.82) is 0 Å². The van der Waals surface area contributed by atoms with E-state index in [4.69, 9.17) is 9.47 Å². The molecular formula is C22H30N2O5S. The van der Waals surface area contributed by atoms with Crippen molar-refractivity contribution < 1.29 is 22.7 Å². The molecule has 1 atom stereocenters. The lowest BCUT2D eigenvalue weighted by atomic mass is 9.96. The van der Waals surface area contributed by atoms with Crippen LogP contribution in [-0.2, 0) is 14.8 Å². The van der Waals surface area contributed by atoms with Crippen molar-refractivity contribution in [2.45, 2.75) is 33.7 Å². The first-order valence-electron chi connectivity index (χ1n) is 9.54. The van der Waals surface area contributed by atoms with Crippen LogP contribution in [0.3, 0.4) is 0 Å². The van der Waals surface area contributed by atoms with Gasteiger partial charge in [-0.05, 0) is 62.1 Å². The van der Waals surface area contributed by atoms with Crippen molar-refractivity contribution in [3.8, 4) is 11.5 Å². The molecular weight excluding hydrogens is 404 g/mol. The number of nitrogens with zero attached hydrogens (tertiary/aromatic N) is 1. The smallest absolute Gasteiger partial charge is 0.241 e. The van der Waals surface area contributed by atoms with E-state index in [1.807, 2.05) is 27.7 Å². The molecule has 2 aromatic carbocycles. The van der Waals surface area contributed by atoms with E-state index in [1.54, 1.807) is 12.1 Å². The summed E-state index contributed by atoms with van der Waals surface area (Å²) in [4.78, 5) is 12.8. The van der Waals surface area contributed by atoms with Gasteiger partial charge in [-0.15, -0.1) is 0 Å². The number of hydrogen-bond acceptors (Lipinski definition) is 5. The minimum absolute atomic E-state index is 0.240. The van der Waals surface area contributed by atoms with Gasteiger partial charge in [0.2, 0.25) is 15.9 Å². The van der Waals surface area contributed by atoms with Crippen LogP contribution in [0.2, 0.25) is 0 Å². The average molecular weight is 435 g/mol. The third kappa shape index (κ3) is 5.44. The second kappa shape index (κ2) is 9.38. The minimum atomic E-state index is -3.75. The third-order valence-corrected chi connectivity index (χ3v) is 6.20. The molecule has 1 N–H and O–H groups in total. The lowest BCUT2D eigenvalue weighted by Gasteiger charge is -2.25. The Kier molecular flexibility index (Phi) is 7.36. The molecule has 0 aromatic heterocycles. The Balaban J connectivity index is 2.31. The van der Waals surface area contributed by atoms with E-state index in [0.29, 0.717) is 11.5 Å². The molecule has 0 spiro atoms. The van der Waals surface area contributed by atoms with E-state index in [1.165, 1.54) is 25.8 Å². The molecule has 0 saturated heterocycles. The molecule has 8 heteroatoms. The van der Waals surface area contributed by atoms with Gasteiger partial charge >= 0.3 is 0 Å². The molecule has 0 fully saturated rings. The van der Waals surface area contributed by atoms with E-state index >= 15 is 0 Å². The molecule has 0 aliphatic carbocycles. The van der Waals surface area contributed by atoms with Crippen LogP contribution >= 0.6 is 0 Å². The normalized spacial score (nSPS) is 12.2. The van der Waals surface area contributed by atoms with Crippen molar-refractivity contribution in [2.24, 2.45) is 0 Å². The summed E-state index contributed by atoms with van der Waals surface area (Å²) in [5.74, 6) is 0.362. The monoisotopic (exact) mass is 434 g/mol. The highest BCUT2D eigenvalue weighted by molar-refractivity contribution is 7.92. The number of carbonyl (C=O) groups is 1. The number of carbonyl (C=O) groups excluding carboxylic acids is 1. The molecule has 0 heterocycles. The van der Waals surface area contributed by atoms with Crippen molar-refractivity contribution in [1.82, 2.24) is 5.32 Å². The third-order valence-electron chi connectivity index (χ3n) is 5.07. The lowest BCUT2D eigenvalue weighted by molar-refractivity contribution is -0.120. The molecule has 0 radical (unpaired) electrons. The Bertz CT molecular complexity index is 1030. The number of nitrogens with one attached hydrogen (secondary N) is 1. The zero-order valence-corrected chi connectivity index (χ0v) is 19.4. The lowest BCUT2D eigenvalue weighted by Crippen LogP contribution is -2.41. The molecule has 1 amide bonds. The first-order chi connectivity index (χ1) is 14.0. The first-order valence-corrected chi connectivity index (χ1v) is 11.4. The van der Waals surface area contributed by atoms with Crippen LogP contribution < -0.4 is 19.1 Å². The fourth-order valence-corrected chi connectivity index (χ4v) is 4.17. The standard InChI is InChI=1S/C22H30N2O5S/c1-14-10-16(3)19(11-15(14)2)17(4)23-22(25)13-24(30(7,26)27)20-12-18(28-5)8-9-21(20)29-6/h8-12,17H,13H2,1-7H3,(H,23,25)/t17-/m0/s1. The van der Waals surface area contributed by atoms with Gasteiger partial charge in [0, 0.05) is 6.07 Å². The fraction of sp³-hybridized carbons (Fsp3) is 0.409. The second-order valence-corrected chi connectivity index (χ2v) is 9.30. The summed E-state index contributed by atoms with van der Waals surface area (Å²) >= 11 is 0. The number of anilines is 1. The number of benzene rings is 2. The molecule has 2 rings (SSSR count).